The summed E-state index contributed by atoms with van der Waals surface area (Å²) in [6.45, 7) is 15.4. The molecule has 1 aromatic heterocycles. The first-order valence-electron chi connectivity index (χ1n) is 19.2. The zero-order valence-electron chi connectivity index (χ0n) is 34.4. The van der Waals surface area contributed by atoms with Crippen LogP contribution in [-0.4, -0.2) is 99.2 Å². The summed E-state index contributed by atoms with van der Waals surface area (Å²) in [5, 5.41) is 32.5. The summed E-state index contributed by atoms with van der Waals surface area (Å²) in [4.78, 5) is 118. The molecule has 1 aliphatic rings. The van der Waals surface area contributed by atoms with Gasteiger partial charge >= 0.3 is 17.6 Å². The largest absolute Gasteiger partial charge is 0.481 e. The van der Waals surface area contributed by atoms with Crippen LogP contribution in [0.15, 0.2) is 33.5 Å². The number of carbonyl (C=O) groups excluding carboxylic acids is 6. The molecule has 2 aromatic rings. The summed E-state index contributed by atoms with van der Waals surface area (Å²) < 4.78 is 5.25. The van der Waals surface area contributed by atoms with Gasteiger partial charge in [0.25, 0.3) is 0 Å². The summed E-state index contributed by atoms with van der Waals surface area (Å²) >= 11 is 0. The Morgan fingerprint density at radius 3 is 1.93 bits per heavy atom. The van der Waals surface area contributed by atoms with Gasteiger partial charge in [0.1, 0.15) is 35.8 Å². The van der Waals surface area contributed by atoms with Crippen molar-refractivity contribution in [3.63, 3.8) is 0 Å². The maximum Gasteiger partial charge on any atom is 0.336 e. The number of aryl methyl sites for hydroxylation is 1. The normalized spacial score (nSPS) is 17.5. The molecule has 6 atom stereocenters. The quantitative estimate of drug-likeness (QED) is 0.113. The number of likely N-dealkylation sites (tertiary alicyclic amines) is 1. The molecule has 3 rings (SSSR count). The molecule has 0 bridgehead atoms. The summed E-state index contributed by atoms with van der Waals surface area (Å²) in [6, 6.07) is -0.984. The molecule has 1 saturated heterocycles. The van der Waals surface area contributed by atoms with Crippen molar-refractivity contribution < 1.29 is 53.0 Å². The van der Waals surface area contributed by atoms with Crippen molar-refractivity contribution >= 4 is 64.0 Å². The van der Waals surface area contributed by atoms with E-state index in [1.807, 2.05) is 20.8 Å². The Labute approximate surface area is 336 Å². The van der Waals surface area contributed by atoms with Crippen LogP contribution in [0.3, 0.4) is 0 Å². The number of carboxylic acid groups (broad SMARTS) is 2. The Kier molecular flexibility index (Phi) is 15.7. The van der Waals surface area contributed by atoms with Gasteiger partial charge in [-0.2, -0.15) is 0 Å². The molecule has 0 saturated carbocycles. The molecule has 1 aromatic carbocycles. The number of rotatable bonds is 17. The lowest BCUT2D eigenvalue weighted by Crippen LogP contribution is -2.61. The standard InChI is InChI=1S/C40H56N6O12/c1-19(2)32(41-22(6)47)37(55)43-27(17-30(50)51)36(54)45-33(20(3)4)39(57)46-13-12-23(18-40(7,8)9)34(46)38(56)44-26(16-29(48)49)35(53)42-24-10-11-25-21(5)14-31(52)58-28(25)15-24/h10-11,14-15,19-20,23,26-27,32-34H,12-13,16-18H2,1-9H3,(H,41,47)(H,42,53)(H,43,55)(H,44,56)(H,45,54)(H,48,49)(H,50,51)/t23-,26?,27?,32?,33?,34+/m1/s1. The highest BCUT2D eigenvalue weighted by Crippen LogP contribution is 2.36. The van der Waals surface area contributed by atoms with E-state index in [1.54, 1.807) is 40.7 Å². The van der Waals surface area contributed by atoms with Gasteiger partial charge in [-0.3, -0.25) is 38.4 Å². The maximum absolute atomic E-state index is 14.4. The van der Waals surface area contributed by atoms with Crippen LogP contribution in [0.2, 0.25) is 0 Å². The lowest BCUT2D eigenvalue weighted by atomic mass is 9.81. The summed E-state index contributed by atoms with van der Waals surface area (Å²) in [6.07, 6.45) is -0.854. The van der Waals surface area contributed by atoms with Crippen LogP contribution in [0.25, 0.3) is 11.0 Å². The number of hydrogen-bond donors (Lipinski definition) is 7. The minimum atomic E-state index is -1.64. The van der Waals surface area contributed by atoms with E-state index in [4.69, 9.17) is 4.42 Å². The van der Waals surface area contributed by atoms with E-state index in [1.165, 1.54) is 30.0 Å². The summed E-state index contributed by atoms with van der Waals surface area (Å²) in [5.74, 6) is -8.97. The van der Waals surface area contributed by atoms with Gasteiger partial charge in [-0.05, 0) is 60.6 Å². The Bertz CT molecular complexity index is 1970. The minimum Gasteiger partial charge on any atom is -0.481 e. The Morgan fingerprint density at radius 2 is 1.40 bits per heavy atom. The van der Waals surface area contributed by atoms with Crippen molar-refractivity contribution in [2.75, 3.05) is 11.9 Å². The Balaban J connectivity index is 1.92. The predicted molar refractivity (Wildman–Crippen MR) is 211 cm³/mol. The van der Waals surface area contributed by atoms with E-state index in [0.717, 1.165) is 0 Å². The van der Waals surface area contributed by atoms with Crippen LogP contribution in [-0.2, 0) is 38.4 Å². The van der Waals surface area contributed by atoms with Crippen LogP contribution >= 0.6 is 0 Å². The van der Waals surface area contributed by atoms with E-state index in [2.05, 4.69) is 26.6 Å². The Morgan fingerprint density at radius 1 is 0.810 bits per heavy atom. The van der Waals surface area contributed by atoms with Crippen molar-refractivity contribution in [1.82, 2.24) is 26.2 Å². The number of aliphatic carboxylic acids is 2. The molecular formula is C40H56N6O12. The molecule has 7 N–H and O–H groups in total. The van der Waals surface area contributed by atoms with Crippen LogP contribution in [0.4, 0.5) is 5.69 Å². The third-order valence-corrected chi connectivity index (χ3v) is 9.73. The van der Waals surface area contributed by atoms with Gasteiger partial charge in [0, 0.05) is 36.7 Å². The van der Waals surface area contributed by atoms with E-state index < -0.39 is 114 Å². The van der Waals surface area contributed by atoms with Gasteiger partial charge in [-0.15, -0.1) is 0 Å². The molecule has 18 heteroatoms. The molecule has 4 unspecified atom stereocenters. The first-order valence-corrected chi connectivity index (χ1v) is 19.2. The van der Waals surface area contributed by atoms with Crippen LogP contribution in [0.1, 0.15) is 86.6 Å². The number of hydrogen-bond acceptors (Lipinski definition) is 10. The molecule has 0 aliphatic carbocycles. The van der Waals surface area contributed by atoms with E-state index >= 15 is 0 Å². The molecule has 0 radical (unpaired) electrons. The van der Waals surface area contributed by atoms with Gasteiger partial charge < -0.3 is 46.1 Å². The van der Waals surface area contributed by atoms with Gasteiger partial charge in [0.05, 0.1) is 12.8 Å². The second-order valence-corrected chi connectivity index (χ2v) is 16.7. The smallest absolute Gasteiger partial charge is 0.336 e. The fourth-order valence-corrected chi connectivity index (χ4v) is 7.08. The van der Waals surface area contributed by atoms with Crippen LogP contribution < -0.4 is 32.2 Å². The highest BCUT2D eigenvalue weighted by Gasteiger charge is 2.46. The zero-order valence-corrected chi connectivity index (χ0v) is 34.4. The van der Waals surface area contributed by atoms with E-state index in [0.29, 0.717) is 23.8 Å². The lowest BCUT2D eigenvalue weighted by molar-refractivity contribution is -0.146. The van der Waals surface area contributed by atoms with Crippen LogP contribution in [0.5, 0.6) is 0 Å². The minimum absolute atomic E-state index is 0.0658. The molecule has 1 aliphatic heterocycles. The lowest BCUT2D eigenvalue weighted by Gasteiger charge is -2.34. The average molecular weight is 813 g/mol. The fourth-order valence-electron chi connectivity index (χ4n) is 7.08. The number of carboxylic acids is 2. The second kappa shape index (κ2) is 19.6. The Hall–Kier alpha value is -5.81. The van der Waals surface area contributed by atoms with Gasteiger partial charge in [0.2, 0.25) is 35.4 Å². The van der Waals surface area contributed by atoms with Crippen molar-refractivity contribution in [3.8, 4) is 0 Å². The number of amides is 6. The predicted octanol–water partition coefficient (Wildman–Crippen LogP) is 1.91. The fraction of sp³-hybridized carbons (Fsp3) is 0.575. The number of anilines is 1. The van der Waals surface area contributed by atoms with E-state index in [-0.39, 0.29) is 23.2 Å². The number of benzene rings is 1. The van der Waals surface area contributed by atoms with Crippen molar-refractivity contribution in [3.05, 3.63) is 40.2 Å². The first kappa shape index (κ1) is 46.6. The molecule has 18 nitrogen and oxygen atoms in total. The number of nitrogens with one attached hydrogen (secondary N) is 5. The topological polar surface area (TPSA) is 271 Å². The number of carbonyl (C=O) groups is 8. The third-order valence-electron chi connectivity index (χ3n) is 9.73. The molecule has 318 valence electrons. The van der Waals surface area contributed by atoms with Crippen molar-refractivity contribution in [2.24, 2.45) is 23.2 Å². The van der Waals surface area contributed by atoms with Crippen molar-refractivity contribution in [1.29, 1.82) is 0 Å². The summed E-state index contributed by atoms with van der Waals surface area (Å²) in [5.41, 5.74) is 0.0596. The van der Waals surface area contributed by atoms with Gasteiger partial charge in [0.15, 0.2) is 0 Å². The number of fused-ring (bicyclic) bond motifs is 1. The van der Waals surface area contributed by atoms with E-state index in [9.17, 15) is 53.4 Å². The number of nitrogens with zero attached hydrogens (tertiary/aromatic N) is 1. The molecule has 1 fully saturated rings. The van der Waals surface area contributed by atoms with Gasteiger partial charge in [-0.1, -0.05) is 48.5 Å². The average Bonchev–Trinajstić information content (AvgIpc) is 3.49. The molecule has 2 heterocycles. The molecule has 6 amide bonds. The van der Waals surface area contributed by atoms with Crippen LogP contribution in [0, 0.1) is 30.1 Å². The second-order valence-electron chi connectivity index (χ2n) is 16.7. The molecular weight excluding hydrogens is 756 g/mol. The maximum atomic E-state index is 14.4. The first-order chi connectivity index (χ1) is 26.9. The molecule has 0 spiro atoms. The highest BCUT2D eigenvalue weighted by molar-refractivity contribution is 6.02. The SMILES string of the molecule is CC(=O)NC(C(=O)NC(CC(=O)O)C(=O)NC(C(=O)N1CC[C@H](CC(C)(C)C)[C@H]1C(=O)NC(CC(=O)O)C(=O)Nc1ccc2c(C)cc(=O)oc2c1)C(C)C)C(C)C. The summed E-state index contributed by atoms with van der Waals surface area (Å²) in [7, 11) is 0. The monoisotopic (exact) mass is 812 g/mol. The highest BCUT2D eigenvalue weighted by atomic mass is 16.4. The van der Waals surface area contributed by atoms with Gasteiger partial charge in [-0.25, -0.2) is 4.79 Å². The van der Waals surface area contributed by atoms with Crippen molar-refractivity contribution in [2.45, 2.75) is 118 Å². The third kappa shape index (κ3) is 12.9. The molecule has 58 heavy (non-hydrogen) atoms. The zero-order chi connectivity index (χ0) is 43.8.